The van der Waals surface area contributed by atoms with Crippen LogP contribution in [0.3, 0.4) is 0 Å². The van der Waals surface area contributed by atoms with E-state index in [1.807, 2.05) is 13.8 Å². The fourth-order valence-electron chi connectivity index (χ4n) is 3.67. The molecule has 0 amide bonds. The van der Waals surface area contributed by atoms with E-state index in [9.17, 15) is 22.0 Å². The van der Waals surface area contributed by atoms with Crippen molar-refractivity contribution in [2.75, 3.05) is 23.7 Å². The number of ether oxygens (including phenoxy) is 1. The van der Waals surface area contributed by atoms with E-state index in [2.05, 4.69) is 0 Å². The van der Waals surface area contributed by atoms with E-state index in [-0.39, 0.29) is 47.8 Å². The minimum Gasteiger partial charge on any atom is -0.372 e. The number of hydrogen-bond acceptors (Lipinski definition) is 5. The van der Waals surface area contributed by atoms with E-state index in [0.29, 0.717) is 32.4 Å². The van der Waals surface area contributed by atoms with Gasteiger partial charge in [0.05, 0.1) is 28.9 Å². The number of benzene rings is 1. The summed E-state index contributed by atoms with van der Waals surface area (Å²) >= 11 is 0. The van der Waals surface area contributed by atoms with Gasteiger partial charge in [0.2, 0.25) is 0 Å². The van der Waals surface area contributed by atoms with E-state index >= 15 is 0 Å². The Kier molecular flexibility index (Phi) is 8.79. The van der Waals surface area contributed by atoms with Crippen LogP contribution in [0, 0.1) is 11.6 Å². The molecule has 1 aromatic rings. The predicted octanol–water partition coefficient (Wildman–Crippen LogP) is 4.07. The number of morpholine rings is 1. The van der Waals surface area contributed by atoms with Crippen LogP contribution >= 0.6 is 0 Å². The molecule has 30 heavy (non-hydrogen) atoms. The summed E-state index contributed by atoms with van der Waals surface area (Å²) < 4.78 is 58.4. The van der Waals surface area contributed by atoms with E-state index in [4.69, 9.17) is 4.74 Å². The lowest BCUT2D eigenvalue weighted by Crippen LogP contribution is -2.46. The summed E-state index contributed by atoms with van der Waals surface area (Å²) in [6, 6.07) is 3.01. The van der Waals surface area contributed by atoms with Gasteiger partial charge in [-0.3, -0.25) is 4.79 Å². The third kappa shape index (κ3) is 6.74. The van der Waals surface area contributed by atoms with Crippen molar-refractivity contribution in [2.24, 2.45) is 0 Å². The number of halogens is 2. The Labute approximate surface area is 178 Å². The summed E-state index contributed by atoms with van der Waals surface area (Å²) in [5, 5.41) is -0.399. The van der Waals surface area contributed by atoms with Crippen LogP contribution in [0.15, 0.2) is 12.1 Å². The van der Waals surface area contributed by atoms with E-state index < -0.39 is 26.7 Å². The summed E-state index contributed by atoms with van der Waals surface area (Å²) in [4.78, 5) is 14.0. The lowest BCUT2D eigenvalue weighted by molar-refractivity contribution is -0.118. The monoisotopic (exact) mass is 445 g/mol. The van der Waals surface area contributed by atoms with Gasteiger partial charge in [-0.05, 0) is 52.2 Å². The van der Waals surface area contributed by atoms with Gasteiger partial charge in [-0.25, -0.2) is 17.2 Å². The summed E-state index contributed by atoms with van der Waals surface area (Å²) in [5.74, 6) is -1.98. The second-order valence-corrected chi connectivity index (χ2v) is 11.2. The smallest absolute Gasteiger partial charge is 0.182 e. The van der Waals surface area contributed by atoms with Crippen molar-refractivity contribution in [1.29, 1.82) is 0 Å². The number of nitrogens with zero attached hydrogens (tertiary/aromatic N) is 1. The number of rotatable bonds is 10. The van der Waals surface area contributed by atoms with E-state index in [1.165, 1.54) is 12.1 Å². The van der Waals surface area contributed by atoms with Crippen LogP contribution < -0.4 is 4.90 Å². The van der Waals surface area contributed by atoms with Crippen LogP contribution in [0.25, 0.3) is 0 Å². The number of carbonyl (C=O) groups is 1. The Balaban J connectivity index is 1.88. The molecule has 0 aliphatic carbocycles. The summed E-state index contributed by atoms with van der Waals surface area (Å²) in [6.07, 6.45) is 1.56. The lowest BCUT2D eigenvalue weighted by atomic mass is 10.0. The predicted molar refractivity (Wildman–Crippen MR) is 115 cm³/mol. The van der Waals surface area contributed by atoms with Gasteiger partial charge < -0.3 is 9.64 Å². The SMILES string of the molecule is CC(C)S(=O)(=O)CCCCCC(=O)Cc1ccc(N2C[C@@H](C)O[C@@H](C)C2)c(F)c1F. The molecule has 1 aliphatic heterocycles. The Morgan fingerprint density at radius 2 is 1.73 bits per heavy atom. The first-order valence-corrected chi connectivity index (χ1v) is 12.3. The molecule has 0 saturated carbocycles. The van der Waals surface area contributed by atoms with Crippen molar-refractivity contribution < 1.29 is 26.7 Å². The summed E-state index contributed by atoms with van der Waals surface area (Å²) in [5.41, 5.74) is 0.245. The number of hydrogen-bond donors (Lipinski definition) is 0. The van der Waals surface area contributed by atoms with Gasteiger partial charge in [-0.15, -0.1) is 0 Å². The Morgan fingerprint density at radius 1 is 1.10 bits per heavy atom. The zero-order valence-electron chi connectivity index (χ0n) is 18.3. The quantitative estimate of drug-likeness (QED) is 0.508. The molecule has 5 nitrogen and oxygen atoms in total. The number of ketones is 1. The van der Waals surface area contributed by atoms with Gasteiger partial charge >= 0.3 is 0 Å². The summed E-state index contributed by atoms with van der Waals surface area (Å²) in [6.45, 7) is 8.04. The van der Waals surface area contributed by atoms with Crippen molar-refractivity contribution in [3.05, 3.63) is 29.3 Å². The highest BCUT2D eigenvalue weighted by Crippen LogP contribution is 2.27. The Morgan fingerprint density at radius 3 is 2.33 bits per heavy atom. The van der Waals surface area contributed by atoms with Gasteiger partial charge in [-0.2, -0.15) is 0 Å². The van der Waals surface area contributed by atoms with Crippen molar-refractivity contribution >= 4 is 21.3 Å². The average Bonchev–Trinajstić information content (AvgIpc) is 2.64. The molecule has 1 saturated heterocycles. The van der Waals surface area contributed by atoms with Crippen LogP contribution in [-0.2, 0) is 25.8 Å². The van der Waals surface area contributed by atoms with Crippen molar-refractivity contribution in [1.82, 2.24) is 0 Å². The molecule has 2 atom stereocenters. The highest BCUT2D eigenvalue weighted by Gasteiger charge is 2.26. The maximum Gasteiger partial charge on any atom is 0.182 e. The van der Waals surface area contributed by atoms with Crippen LogP contribution in [0.4, 0.5) is 14.5 Å². The Hall–Kier alpha value is -1.54. The molecule has 1 fully saturated rings. The molecule has 2 rings (SSSR count). The minimum atomic E-state index is -3.07. The first-order valence-electron chi connectivity index (χ1n) is 10.6. The number of sulfone groups is 1. The molecule has 8 heteroatoms. The van der Waals surface area contributed by atoms with Gasteiger partial charge in [0.15, 0.2) is 21.5 Å². The maximum absolute atomic E-state index is 14.7. The summed E-state index contributed by atoms with van der Waals surface area (Å²) in [7, 11) is -3.07. The highest BCUT2D eigenvalue weighted by atomic mass is 32.2. The number of Topliss-reactive ketones (excluding diaryl/α,β-unsaturated/α-hetero) is 1. The molecule has 0 aromatic heterocycles. The molecular formula is C22H33F2NO4S. The molecule has 1 aliphatic rings. The third-order valence-corrected chi connectivity index (χ3v) is 7.69. The minimum absolute atomic E-state index is 0.0537. The van der Waals surface area contributed by atoms with Crippen molar-refractivity contribution in [3.8, 4) is 0 Å². The highest BCUT2D eigenvalue weighted by molar-refractivity contribution is 7.91. The maximum atomic E-state index is 14.7. The molecular weight excluding hydrogens is 412 g/mol. The average molecular weight is 446 g/mol. The first-order chi connectivity index (χ1) is 14.0. The number of unbranched alkanes of at least 4 members (excludes halogenated alkanes) is 2. The molecule has 0 unspecified atom stereocenters. The fraction of sp³-hybridized carbons (Fsp3) is 0.682. The van der Waals surface area contributed by atoms with Gasteiger partial charge in [0.25, 0.3) is 0 Å². The van der Waals surface area contributed by atoms with Crippen molar-refractivity contribution in [3.63, 3.8) is 0 Å². The second kappa shape index (κ2) is 10.7. The van der Waals surface area contributed by atoms with Crippen LogP contribution in [0.1, 0.15) is 58.9 Å². The van der Waals surface area contributed by atoms with Crippen LogP contribution in [0.5, 0.6) is 0 Å². The molecule has 170 valence electrons. The number of anilines is 1. The normalized spacial score (nSPS) is 20.0. The molecule has 0 N–H and O–H groups in total. The zero-order chi connectivity index (χ0) is 22.5. The van der Waals surface area contributed by atoms with Gasteiger partial charge in [-0.1, -0.05) is 12.5 Å². The van der Waals surface area contributed by atoms with Crippen LogP contribution in [-0.4, -0.2) is 50.5 Å². The topological polar surface area (TPSA) is 63.7 Å². The van der Waals surface area contributed by atoms with E-state index in [0.717, 1.165) is 0 Å². The van der Waals surface area contributed by atoms with E-state index in [1.54, 1.807) is 18.7 Å². The molecule has 0 bridgehead atoms. The lowest BCUT2D eigenvalue weighted by Gasteiger charge is -2.37. The second-order valence-electron chi connectivity index (χ2n) is 8.48. The zero-order valence-corrected chi connectivity index (χ0v) is 19.1. The number of carbonyl (C=O) groups excluding carboxylic acids is 1. The van der Waals surface area contributed by atoms with Gasteiger partial charge in [0, 0.05) is 25.9 Å². The third-order valence-electron chi connectivity index (χ3n) is 5.39. The molecule has 1 heterocycles. The molecule has 0 radical (unpaired) electrons. The van der Waals surface area contributed by atoms with Gasteiger partial charge in [0.1, 0.15) is 5.78 Å². The van der Waals surface area contributed by atoms with Crippen molar-refractivity contribution in [2.45, 2.75) is 77.3 Å². The first kappa shape index (κ1) is 24.7. The fourth-order valence-corrected chi connectivity index (χ4v) is 4.75. The molecule has 0 spiro atoms. The Bertz CT molecular complexity index is 832. The standard InChI is InChI=1S/C22H33F2NO4S/c1-15(2)30(27,28)11-7-5-6-8-19(26)12-18-9-10-20(22(24)21(18)23)25-13-16(3)29-17(4)14-25/h9-10,15-17H,5-8,11-14H2,1-4H3/t16-,17+. The molecule has 1 aromatic carbocycles. The van der Waals surface area contributed by atoms with Crippen LogP contribution in [0.2, 0.25) is 0 Å². The largest absolute Gasteiger partial charge is 0.372 e.